The summed E-state index contributed by atoms with van der Waals surface area (Å²) in [6, 6.07) is 7.07. The smallest absolute Gasteiger partial charge is 0.358 e. The average molecular weight is 401 g/mol. The molecule has 0 amide bonds. The first-order valence-corrected chi connectivity index (χ1v) is 10.3. The quantitative estimate of drug-likeness (QED) is 0.439. The highest BCUT2D eigenvalue weighted by Gasteiger charge is 2.14. The summed E-state index contributed by atoms with van der Waals surface area (Å²) >= 11 is 1.37. The number of aryl methyl sites for hydroxylation is 1. The average Bonchev–Trinajstić information content (AvgIpc) is 3.13. The van der Waals surface area contributed by atoms with Crippen molar-refractivity contribution in [1.82, 2.24) is 4.98 Å². The fourth-order valence-corrected chi connectivity index (χ4v) is 3.46. The van der Waals surface area contributed by atoms with Crippen LogP contribution in [0.3, 0.4) is 0 Å². The number of carbonyl (C=O) groups excluding carboxylic acids is 1. The summed E-state index contributed by atoms with van der Waals surface area (Å²) in [6.07, 6.45) is 1.87. The molecular weight excluding hydrogens is 376 g/mol. The molecular formula is C21H24N2O4S. The van der Waals surface area contributed by atoms with Gasteiger partial charge in [-0.05, 0) is 30.4 Å². The predicted molar refractivity (Wildman–Crippen MR) is 111 cm³/mol. The van der Waals surface area contributed by atoms with E-state index in [2.05, 4.69) is 24.1 Å². The molecule has 0 saturated carbocycles. The van der Waals surface area contributed by atoms with E-state index in [9.17, 15) is 9.59 Å². The number of rotatable bonds is 8. The zero-order valence-electron chi connectivity index (χ0n) is 16.3. The molecule has 28 heavy (non-hydrogen) atoms. The zero-order valence-corrected chi connectivity index (χ0v) is 17.1. The summed E-state index contributed by atoms with van der Waals surface area (Å²) in [5.74, 6) is 0.0865. The van der Waals surface area contributed by atoms with Crippen LogP contribution in [-0.4, -0.2) is 17.5 Å². The van der Waals surface area contributed by atoms with Crippen LogP contribution in [0.1, 0.15) is 48.8 Å². The molecule has 1 N–H and O–H groups in total. The Labute approximate surface area is 167 Å². The second-order valence-corrected chi connectivity index (χ2v) is 7.86. The zero-order chi connectivity index (χ0) is 20.1. The van der Waals surface area contributed by atoms with Gasteiger partial charge in [-0.3, -0.25) is 0 Å². The summed E-state index contributed by atoms with van der Waals surface area (Å²) in [5.41, 5.74) is 2.00. The van der Waals surface area contributed by atoms with Crippen molar-refractivity contribution in [3.63, 3.8) is 0 Å². The molecule has 3 aromatic rings. The molecule has 0 unspecified atom stereocenters. The van der Waals surface area contributed by atoms with Gasteiger partial charge in [-0.25, -0.2) is 14.6 Å². The lowest BCUT2D eigenvalue weighted by molar-refractivity contribution is 0.0468. The lowest BCUT2D eigenvalue weighted by atomic mass is 10.1. The van der Waals surface area contributed by atoms with Crippen LogP contribution >= 0.6 is 11.3 Å². The van der Waals surface area contributed by atoms with E-state index in [-0.39, 0.29) is 12.3 Å². The number of aromatic nitrogens is 1. The molecule has 0 aliphatic carbocycles. The van der Waals surface area contributed by atoms with Crippen molar-refractivity contribution >= 4 is 33.4 Å². The Bertz CT molecular complexity index is 1020. The molecule has 0 atom stereocenters. The van der Waals surface area contributed by atoms with Crippen molar-refractivity contribution in [2.75, 3.05) is 11.9 Å². The minimum atomic E-state index is -0.514. The molecule has 3 rings (SSSR count). The molecule has 6 nitrogen and oxygen atoms in total. The molecule has 0 spiro atoms. The number of benzene rings is 1. The first-order valence-electron chi connectivity index (χ1n) is 9.38. The maximum absolute atomic E-state index is 12.3. The highest BCUT2D eigenvalue weighted by atomic mass is 32.1. The number of fused-ring (bicyclic) bond motifs is 1. The third kappa shape index (κ3) is 4.98. The van der Waals surface area contributed by atoms with Gasteiger partial charge in [-0.15, -0.1) is 11.3 Å². The van der Waals surface area contributed by atoms with Gasteiger partial charge in [0, 0.05) is 28.9 Å². The SMILES string of the molecule is CCc1ccc2c(COC(=O)c3csc(NCCC(C)C)n3)cc(=O)oc2c1. The van der Waals surface area contributed by atoms with E-state index in [1.54, 1.807) is 5.38 Å². The van der Waals surface area contributed by atoms with Crippen LogP contribution in [0, 0.1) is 5.92 Å². The van der Waals surface area contributed by atoms with Crippen molar-refractivity contribution < 1.29 is 13.9 Å². The third-order valence-corrected chi connectivity index (χ3v) is 5.17. The summed E-state index contributed by atoms with van der Waals surface area (Å²) < 4.78 is 10.7. The van der Waals surface area contributed by atoms with E-state index in [0.29, 0.717) is 22.2 Å². The van der Waals surface area contributed by atoms with Crippen molar-refractivity contribution in [2.24, 2.45) is 5.92 Å². The maximum Gasteiger partial charge on any atom is 0.358 e. The molecule has 0 radical (unpaired) electrons. The standard InChI is InChI=1S/C21H24N2O4S/c1-4-14-5-6-16-15(10-19(24)27-18(16)9-14)11-26-20(25)17-12-28-21(23-17)22-8-7-13(2)3/h5-6,9-10,12-13H,4,7-8,11H2,1-3H3,(H,22,23). The van der Waals surface area contributed by atoms with Gasteiger partial charge in [-0.1, -0.05) is 32.9 Å². The lowest BCUT2D eigenvalue weighted by Gasteiger charge is -2.07. The van der Waals surface area contributed by atoms with E-state index >= 15 is 0 Å². The monoisotopic (exact) mass is 400 g/mol. The Hall–Kier alpha value is -2.67. The van der Waals surface area contributed by atoms with Gasteiger partial charge >= 0.3 is 11.6 Å². The number of anilines is 1. The van der Waals surface area contributed by atoms with E-state index in [4.69, 9.17) is 9.15 Å². The first kappa shape index (κ1) is 20.1. The molecule has 0 aliphatic heterocycles. The van der Waals surface area contributed by atoms with Crippen molar-refractivity contribution in [1.29, 1.82) is 0 Å². The lowest BCUT2D eigenvalue weighted by Crippen LogP contribution is -2.09. The Morgan fingerprint density at radius 1 is 1.32 bits per heavy atom. The van der Waals surface area contributed by atoms with Crippen molar-refractivity contribution in [3.8, 4) is 0 Å². The van der Waals surface area contributed by atoms with Crippen LogP contribution in [0.15, 0.2) is 38.9 Å². The Morgan fingerprint density at radius 3 is 2.89 bits per heavy atom. The predicted octanol–water partition coefficient (Wildman–Crippen LogP) is 4.63. The summed E-state index contributed by atoms with van der Waals surface area (Å²) in [5, 5.41) is 6.35. The number of hydrogen-bond donors (Lipinski definition) is 1. The maximum atomic E-state index is 12.3. The molecule has 0 aliphatic rings. The number of esters is 1. The topological polar surface area (TPSA) is 81.4 Å². The Kier molecular flexibility index (Phi) is 6.46. The van der Waals surface area contributed by atoms with E-state index < -0.39 is 11.6 Å². The minimum absolute atomic E-state index is 0.0138. The molecule has 1 aromatic carbocycles. The van der Waals surface area contributed by atoms with Crippen LogP contribution in [0.25, 0.3) is 11.0 Å². The summed E-state index contributed by atoms with van der Waals surface area (Å²) in [6.45, 7) is 7.14. The van der Waals surface area contributed by atoms with Gasteiger partial charge in [0.1, 0.15) is 12.2 Å². The molecule has 148 valence electrons. The fourth-order valence-electron chi connectivity index (χ4n) is 2.75. The Balaban J connectivity index is 1.68. The van der Waals surface area contributed by atoms with E-state index in [1.165, 1.54) is 17.4 Å². The fraction of sp³-hybridized carbons (Fsp3) is 0.381. The minimum Gasteiger partial charge on any atom is -0.456 e. The summed E-state index contributed by atoms with van der Waals surface area (Å²) in [4.78, 5) is 28.4. The van der Waals surface area contributed by atoms with Crippen LogP contribution in [-0.2, 0) is 17.8 Å². The van der Waals surface area contributed by atoms with Gasteiger partial charge in [0.25, 0.3) is 0 Å². The number of nitrogens with one attached hydrogen (secondary N) is 1. The second kappa shape index (κ2) is 9.01. The van der Waals surface area contributed by atoms with Gasteiger partial charge in [0.05, 0.1) is 0 Å². The number of hydrogen-bond acceptors (Lipinski definition) is 7. The highest BCUT2D eigenvalue weighted by molar-refractivity contribution is 7.13. The molecule has 2 aromatic heterocycles. The second-order valence-electron chi connectivity index (χ2n) is 7.00. The van der Waals surface area contributed by atoms with Crippen LogP contribution in [0.4, 0.5) is 5.13 Å². The number of nitrogens with zero attached hydrogens (tertiary/aromatic N) is 1. The van der Waals surface area contributed by atoms with Crippen LogP contribution < -0.4 is 10.9 Å². The number of ether oxygens (including phenoxy) is 1. The van der Waals surface area contributed by atoms with Crippen LogP contribution in [0.5, 0.6) is 0 Å². The van der Waals surface area contributed by atoms with E-state index in [1.807, 2.05) is 25.1 Å². The molecule has 0 saturated heterocycles. The Morgan fingerprint density at radius 2 is 2.14 bits per heavy atom. The molecule has 2 heterocycles. The van der Waals surface area contributed by atoms with Crippen LogP contribution in [0.2, 0.25) is 0 Å². The van der Waals surface area contributed by atoms with Gasteiger partial charge < -0.3 is 14.5 Å². The van der Waals surface area contributed by atoms with Gasteiger partial charge in [0.15, 0.2) is 10.8 Å². The normalized spacial score (nSPS) is 11.1. The molecule has 0 bridgehead atoms. The van der Waals surface area contributed by atoms with Crippen molar-refractivity contribution in [2.45, 2.75) is 40.2 Å². The first-order chi connectivity index (χ1) is 13.5. The largest absolute Gasteiger partial charge is 0.456 e. The van der Waals surface area contributed by atoms with Gasteiger partial charge in [-0.2, -0.15) is 0 Å². The number of thiazole rings is 1. The number of carbonyl (C=O) groups is 1. The van der Waals surface area contributed by atoms with E-state index in [0.717, 1.165) is 30.3 Å². The van der Waals surface area contributed by atoms with Gasteiger partial charge in [0.2, 0.25) is 0 Å². The molecule has 0 fully saturated rings. The van der Waals surface area contributed by atoms with Crippen molar-refractivity contribution in [3.05, 3.63) is 56.9 Å². The molecule has 7 heteroatoms. The summed E-state index contributed by atoms with van der Waals surface area (Å²) in [7, 11) is 0. The highest BCUT2D eigenvalue weighted by Crippen LogP contribution is 2.21. The third-order valence-electron chi connectivity index (χ3n) is 4.37.